The van der Waals surface area contributed by atoms with Gasteiger partial charge in [-0.25, -0.2) is 0 Å². The molecule has 0 unspecified atom stereocenters. The van der Waals surface area contributed by atoms with E-state index in [2.05, 4.69) is 47.1 Å². The Balaban J connectivity index is 2.14. The van der Waals surface area contributed by atoms with Gasteiger partial charge in [-0.05, 0) is 36.4 Å². The van der Waals surface area contributed by atoms with Gasteiger partial charge in [0.15, 0.2) is 0 Å². The van der Waals surface area contributed by atoms with Gasteiger partial charge in [-0.15, -0.1) is 11.3 Å². The Morgan fingerprint density at radius 2 is 2.06 bits per heavy atom. The normalized spacial score (nSPS) is 11.5. The molecular formula is C14H16N2S. The summed E-state index contributed by atoms with van der Waals surface area (Å²) in [5, 5.41) is 6.49. The highest BCUT2D eigenvalue weighted by Gasteiger charge is 2.00. The maximum Gasteiger partial charge on any atom is 0.0747 e. The summed E-state index contributed by atoms with van der Waals surface area (Å²) in [7, 11) is 0. The van der Waals surface area contributed by atoms with Gasteiger partial charge in [0.1, 0.15) is 0 Å². The minimum Gasteiger partial charge on any atom is -0.278 e. The van der Waals surface area contributed by atoms with Gasteiger partial charge < -0.3 is 0 Å². The number of nitrogens with one attached hydrogen (secondary N) is 1. The van der Waals surface area contributed by atoms with Crippen LogP contribution in [0.4, 0.5) is 5.69 Å². The zero-order valence-corrected chi connectivity index (χ0v) is 10.9. The van der Waals surface area contributed by atoms with Crippen LogP contribution < -0.4 is 5.43 Å². The lowest BCUT2D eigenvalue weighted by Crippen LogP contribution is -1.99. The van der Waals surface area contributed by atoms with Crippen molar-refractivity contribution in [3.63, 3.8) is 0 Å². The van der Waals surface area contributed by atoms with Gasteiger partial charge in [-0.3, -0.25) is 5.43 Å². The molecule has 0 saturated heterocycles. The smallest absolute Gasteiger partial charge is 0.0747 e. The molecule has 2 nitrogen and oxygen atoms in total. The monoisotopic (exact) mass is 244 g/mol. The Bertz CT molecular complexity index is 501. The fraction of sp³-hybridized carbons (Fsp3) is 0.214. The minimum atomic E-state index is 1.01. The van der Waals surface area contributed by atoms with Crippen molar-refractivity contribution in [2.45, 2.75) is 20.3 Å². The summed E-state index contributed by atoms with van der Waals surface area (Å²) in [6, 6.07) is 12.4. The number of thiophene rings is 1. The molecule has 3 heteroatoms. The molecule has 0 aliphatic carbocycles. The Morgan fingerprint density at radius 3 is 2.76 bits per heavy atom. The zero-order chi connectivity index (χ0) is 12.1. The fourth-order valence-corrected chi connectivity index (χ4v) is 2.30. The molecule has 0 bridgehead atoms. The lowest BCUT2D eigenvalue weighted by atomic mass is 10.1. The van der Waals surface area contributed by atoms with Crippen LogP contribution in [-0.4, -0.2) is 5.71 Å². The lowest BCUT2D eigenvalue weighted by Gasteiger charge is -2.07. The van der Waals surface area contributed by atoms with Crippen molar-refractivity contribution in [3.8, 4) is 0 Å². The summed E-state index contributed by atoms with van der Waals surface area (Å²) in [4.78, 5) is 1.20. The highest BCUT2D eigenvalue weighted by molar-refractivity contribution is 7.12. The second kappa shape index (κ2) is 5.64. The first-order chi connectivity index (χ1) is 8.31. The standard InChI is InChI=1S/C14H16N2S/c1-3-12-7-4-5-8-13(12)16-15-11(2)14-9-6-10-17-14/h4-10,16H,3H2,1-2H3/b15-11-. The van der Waals surface area contributed by atoms with Crippen molar-refractivity contribution in [2.75, 3.05) is 5.43 Å². The largest absolute Gasteiger partial charge is 0.278 e. The number of para-hydroxylation sites is 1. The van der Waals surface area contributed by atoms with Gasteiger partial charge in [0.05, 0.1) is 11.4 Å². The van der Waals surface area contributed by atoms with Crippen molar-refractivity contribution in [1.82, 2.24) is 0 Å². The van der Waals surface area contributed by atoms with Crippen molar-refractivity contribution in [2.24, 2.45) is 5.10 Å². The van der Waals surface area contributed by atoms with E-state index >= 15 is 0 Å². The molecule has 17 heavy (non-hydrogen) atoms. The third kappa shape index (κ3) is 2.94. The van der Waals surface area contributed by atoms with E-state index in [1.54, 1.807) is 11.3 Å². The predicted octanol–water partition coefficient (Wildman–Crippen LogP) is 4.15. The second-order valence-corrected chi connectivity index (χ2v) is 4.74. The van der Waals surface area contributed by atoms with Crippen LogP contribution in [0.15, 0.2) is 46.9 Å². The average molecular weight is 244 g/mol. The van der Waals surface area contributed by atoms with E-state index in [4.69, 9.17) is 0 Å². The van der Waals surface area contributed by atoms with Crippen LogP contribution in [0, 0.1) is 0 Å². The Hall–Kier alpha value is -1.61. The van der Waals surface area contributed by atoms with E-state index in [0.717, 1.165) is 17.8 Å². The Labute approximate surface area is 106 Å². The number of benzene rings is 1. The van der Waals surface area contributed by atoms with Crippen LogP contribution in [0.1, 0.15) is 24.3 Å². The highest BCUT2D eigenvalue weighted by Crippen LogP contribution is 2.16. The number of hydrazone groups is 1. The van der Waals surface area contributed by atoms with Crippen LogP contribution in [0.25, 0.3) is 0 Å². The molecule has 0 amide bonds. The topological polar surface area (TPSA) is 24.4 Å². The van der Waals surface area contributed by atoms with Gasteiger partial charge in [0.25, 0.3) is 0 Å². The van der Waals surface area contributed by atoms with Crippen molar-refractivity contribution < 1.29 is 0 Å². The molecule has 1 aromatic carbocycles. The van der Waals surface area contributed by atoms with E-state index in [0.29, 0.717) is 0 Å². The molecule has 1 heterocycles. The molecule has 1 N–H and O–H groups in total. The molecule has 0 fully saturated rings. The molecule has 0 aliphatic heterocycles. The molecule has 2 aromatic rings. The first-order valence-electron chi connectivity index (χ1n) is 5.73. The van der Waals surface area contributed by atoms with Gasteiger partial charge >= 0.3 is 0 Å². The molecule has 0 spiro atoms. The Morgan fingerprint density at radius 1 is 1.24 bits per heavy atom. The summed E-state index contributed by atoms with van der Waals surface area (Å²) >= 11 is 1.71. The number of anilines is 1. The van der Waals surface area contributed by atoms with Gasteiger partial charge in [-0.2, -0.15) is 5.10 Å². The Kier molecular flexibility index (Phi) is 3.94. The van der Waals surface area contributed by atoms with Crippen molar-refractivity contribution in [3.05, 3.63) is 52.2 Å². The summed E-state index contributed by atoms with van der Waals surface area (Å²) in [6.07, 6.45) is 1.01. The van der Waals surface area contributed by atoms with E-state index < -0.39 is 0 Å². The van der Waals surface area contributed by atoms with E-state index in [1.165, 1.54) is 10.4 Å². The maximum absolute atomic E-state index is 4.42. The summed E-state index contributed by atoms with van der Waals surface area (Å²) in [5.74, 6) is 0. The number of rotatable bonds is 4. The summed E-state index contributed by atoms with van der Waals surface area (Å²) in [6.45, 7) is 4.17. The van der Waals surface area contributed by atoms with Gasteiger partial charge in [0, 0.05) is 4.88 Å². The van der Waals surface area contributed by atoms with Crippen LogP contribution in [0.2, 0.25) is 0 Å². The fourth-order valence-electron chi connectivity index (χ4n) is 1.62. The number of hydrogen-bond donors (Lipinski definition) is 1. The van der Waals surface area contributed by atoms with Crippen molar-refractivity contribution >= 4 is 22.7 Å². The predicted molar refractivity (Wildman–Crippen MR) is 76.0 cm³/mol. The first-order valence-corrected chi connectivity index (χ1v) is 6.61. The molecule has 0 radical (unpaired) electrons. The van der Waals surface area contributed by atoms with E-state index in [9.17, 15) is 0 Å². The SMILES string of the molecule is CCc1ccccc1N/N=C(/C)c1cccs1. The molecular weight excluding hydrogens is 228 g/mol. The quantitative estimate of drug-likeness (QED) is 0.634. The molecule has 1 aromatic heterocycles. The molecule has 0 aliphatic rings. The summed E-state index contributed by atoms with van der Waals surface area (Å²) in [5.41, 5.74) is 6.54. The third-order valence-electron chi connectivity index (χ3n) is 2.62. The van der Waals surface area contributed by atoms with Crippen LogP contribution in [0.5, 0.6) is 0 Å². The van der Waals surface area contributed by atoms with E-state index in [-0.39, 0.29) is 0 Å². The average Bonchev–Trinajstić information content (AvgIpc) is 2.90. The lowest BCUT2D eigenvalue weighted by molar-refractivity contribution is 1.13. The van der Waals surface area contributed by atoms with E-state index in [1.807, 2.05) is 19.1 Å². The summed E-state index contributed by atoms with van der Waals surface area (Å²) < 4.78 is 0. The molecule has 88 valence electrons. The number of nitrogens with zero attached hydrogens (tertiary/aromatic N) is 1. The molecule has 2 rings (SSSR count). The molecule has 0 saturated carbocycles. The molecule has 0 atom stereocenters. The van der Waals surface area contributed by atoms with Crippen LogP contribution >= 0.6 is 11.3 Å². The number of hydrogen-bond acceptors (Lipinski definition) is 3. The van der Waals surface area contributed by atoms with Crippen LogP contribution in [0.3, 0.4) is 0 Å². The highest BCUT2D eigenvalue weighted by atomic mass is 32.1. The maximum atomic E-state index is 4.42. The third-order valence-corrected chi connectivity index (χ3v) is 3.60. The second-order valence-electron chi connectivity index (χ2n) is 3.80. The zero-order valence-electron chi connectivity index (χ0n) is 10.1. The van der Waals surface area contributed by atoms with Crippen LogP contribution in [-0.2, 0) is 6.42 Å². The first kappa shape index (κ1) is 11.9. The van der Waals surface area contributed by atoms with Gasteiger partial charge in [0.2, 0.25) is 0 Å². The minimum absolute atomic E-state index is 1.01. The van der Waals surface area contributed by atoms with Gasteiger partial charge in [-0.1, -0.05) is 31.2 Å². The number of aryl methyl sites for hydroxylation is 1. The van der Waals surface area contributed by atoms with Crippen molar-refractivity contribution in [1.29, 1.82) is 0 Å².